The van der Waals surface area contributed by atoms with E-state index >= 15 is 0 Å². The van der Waals surface area contributed by atoms with Crippen LogP contribution in [0.15, 0.2) is 24.4 Å². The van der Waals surface area contributed by atoms with Gasteiger partial charge in [0, 0.05) is 13.2 Å². The van der Waals surface area contributed by atoms with E-state index < -0.39 is 11.9 Å². The lowest BCUT2D eigenvalue weighted by molar-refractivity contribution is 0.0685. The number of benzene rings is 1. The third-order valence-electron chi connectivity index (χ3n) is 2.88. The zero-order valence-electron chi connectivity index (χ0n) is 11.9. The minimum Gasteiger partial charge on any atom is -0.495 e. The van der Waals surface area contributed by atoms with Gasteiger partial charge in [0.15, 0.2) is 5.69 Å². The normalized spacial score (nSPS) is 10.2. The number of aromatic carboxylic acids is 1. The molecule has 0 unspecified atom stereocenters. The third-order valence-corrected chi connectivity index (χ3v) is 2.88. The van der Waals surface area contributed by atoms with Crippen LogP contribution in [-0.2, 0) is 7.05 Å². The number of rotatable bonds is 4. The Hall–Kier alpha value is -2.83. The highest BCUT2D eigenvalue weighted by Crippen LogP contribution is 2.26. The fourth-order valence-corrected chi connectivity index (χ4v) is 1.92. The van der Waals surface area contributed by atoms with Gasteiger partial charge in [-0.3, -0.25) is 9.48 Å². The molecule has 0 aliphatic carbocycles. The van der Waals surface area contributed by atoms with Gasteiger partial charge in [-0.1, -0.05) is 6.07 Å². The van der Waals surface area contributed by atoms with E-state index in [0.717, 1.165) is 5.56 Å². The highest BCUT2D eigenvalue weighted by Gasteiger charge is 2.21. The minimum atomic E-state index is -1.25. The Morgan fingerprint density at radius 2 is 2.10 bits per heavy atom. The third kappa shape index (κ3) is 3.02. The molecule has 0 spiro atoms. The number of methoxy groups -OCH3 is 1. The molecule has 0 bridgehead atoms. The number of hydrogen-bond donors (Lipinski definition) is 2. The Kier molecular flexibility index (Phi) is 3.93. The number of aromatic nitrogens is 2. The summed E-state index contributed by atoms with van der Waals surface area (Å²) in [5, 5.41) is 15.5. The summed E-state index contributed by atoms with van der Waals surface area (Å²) in [7, 11) is 3.05. The molecule has 1 aromatic carbocycles. The largest absolute Gasteiger partial charge is 0.495 e. The molecule has 7 nitrogen and oxygen atoms in total. The maximum atomic E-state index is 12.2. The molecule has 0 saturated carbocycles. The maximum Gasteiger partial charge on any atom is 0.357 e. The van der Waals surface area contributed by atoms with E-state index in [1.54, 1.807) is 19.2 Å². The molecule has 1 heterocycles. The number of hydrogen-bond acceptors (Lipinski definition) is 4. The van der Waals surface area contributed by atoms with Gasteiger partial charge in [0.05, 0.1) is 18.4 Å². The number of carbonyl (C=O) groups is 2. The van der Waals surface area contributed by atoms with Gasteiger partial charge in [-0.25, -0.2) is 4.79 Å². The number of carboxylic acid groups (broad SMARTS) is 1. The standard InChI is InChI=1S/C14H15N3O4/c1-8-4-5-11(21-3)10(6-8)15-13(18)9-7-17(2)16-12(9)14(19)20/h4-7H,1-3H3,(H,15,18)(H,19,20). The number of carboxylic acids is 1. The molecule has 0 radical (unpaired) electrons. The molecule has 21 heavy (non-hydrogen) atoms. The Balaban J connectivity index is 2.34. The highest BCUT2D eigenvalue weighted by molar-refractivity contribution is 6.10. The Labute approximate surface area is 121 Å². The summed E-state index contributed by atoms with van der Waals surface area (Å²) in [6.45, 7) is 1.88. The van der Waals surface area contributed by atoms with E-state index in [1.165, 1.54) is 18.0 Å². The molecule has 0 fully saturated rings. The van der Waals surface area contributed by atoms with Gasteiger partial charge in [0.25, 0.3) is 5.91 Å². The van der Waals surface area contributed by atoms with Crippen LogP contribution in [0.25, 0.3) is 0 Å². The van der Waals surface area contributed by atoms with Crippen LogP contribution in [0.3, 0.4) is 0 Å². The number of aryl methyl sites for hydroxylation is 2. The summed E-state index contributed by atoms with van der Waals surface area (Å²) < 4.78 is 6.45. The minimum absolute atomic E-state index is 0.00596. The van der Waals surface area contributed by atoms with E-state index in [1.807, 2.05) is 13.0 Å². The average Bonchev–Trinajstić information content (AvgIpc) is 2.81. The molecule has 7 heteroatoms. The first-order valence-electron chi connectivity index (χ1n) is 6.15. The van der Waals surface area contributed by atoms with Gasteiger partial charge in [-0.15, -0.1) is 0 Å². The quantitative estimate of drug-likeness (QED) is 0.893. The predicted octanol–water partition coefficient (Wildman–Crippen LogP) is 1.69. The van der Waals surface area contributed by atoms with Gasteiger partial charge in [-0.05, 0) is 24.6 Å². The number of nitrogens with one attached hydrogen (secondary N) is 1. The van der Waals surface area contributed by atoms with Crippen LogP contribution >= 0.6 is 0 Å². The lowest BCUT2D eigenvalue weighted by Gasteiger charge is -2.10. The summed E-state index contributed by atoms with van der Waals surface area (Å²) in [6, 6.07) is 5.32. The van der Waals surface area contributed by atoms with Crippen molar-refractivity contribution in [2.75, 3.05) is 12.4 Å². The summed E-state index contributed by atoms with van der Waals surface area (Å²) in [4.78, 5) is 23.3. The predicted molar refractivity (Wildman–Crippen MR) is 75.9 cm³/mol. The highest BCUT2D eigenvalue weighted by atomic mass is 16.5. The molecule has 2 N–H and O–H groups in total. The summed E-state index contributed by atoms with van der Waals surface area (Å²) in [5.74, 6) is -1.31. The van der Waals surface area contributed by atoms with E-state index in [2.05, 4.69) is 10.4 Å². The smallest absolute Gasteiger partial charge is 0.357 e. The second-order valence-electron chi connectivity index (χ2n) is 4.53. The molecule has 0 aliphatic rings. The fourth-order valence-electron chi connectivity index (χ4n) is 1.92. The van der Waals surface area contributed by atoms with Gasteiger partial charge < -0.3 is 15.2 Å². The molecule has 2 aromatic rings. The number of carbonyl (C=O) groups excluding carboxylic acids is 1. The second-order valence-corrected chi connectivity index (χ2v) is 4.53. The lowest BCUT2D eigenvalue weighted by atomic mass is 10.2. The Bertz CT molecular complexity index is 706. The van der Waals surface area contributed by atoms with E-state index in [9.17, 15) is 9.59 Å². The molecule has 1 amide bonds. The first-order valence-corrected chi connectivity index (χ1v) is 6.15. The Morgan fingerprint density at radius 3 is 2.71 bits per heavy atom. The van der Waals surface area contributed by atoms with Crippen molar-refractivity contribution in [1.82, 2.24) is 9.78 Å². The molecule has 0 aliphatic heterocycles. The Morgan fingerprint density at radius 1 is 1.38 bits per heavy atom. The van der Waals surface area contributed by atoms with Crippen LogP contribution in [-0.4, -0.2) is 33.9 Å². The second kappa shape index (κ2) is 5.66. The molecule has 0 atom stereocenters. The number of amides is 1. The average molecular weight is 289 g/mol. The molecular formula is C14H15N3O4. The summed E-state index contributed by atoms with van der Waals surface area (Å²) in [6.07, 6.45) is 1.36. The van der Waals surface area contributed by atoms with Crippen LogP contribution in [0.5, 0.6) is 5.75 Å². The van der Waals surface area contributed by atoms with Crippen molar-refractivity contribution in [2.45, 2.75) is 6.92 Å². The first kappa shape index (κ1) is 14.6. The van der Waals surface area contributed by atoms with Crippen molar-refractivity contribution < 1.29 is 19.4 Å². The molecule has 110 valence electrons. The van der Waals surface area contributed by atoms with E-state index in [-0.39, 0.29) is 11.3 Å². The van der Waals surface area contributed by atoms with Crippen LogP contribution in [0, 0.1) is 6.92 Å². The molecule has 0 saturated heterocycles. The van der Waals surface area contributed by atoms with Crippen LogP contribution < -0.4 is 10.1 Å². The SMILES string of the molecule is COc1ccc(C)cc1NC(=O)c1cn(C)nc1C(=O)O. The monoisotopic (exact) mass is 289 g/mol. The van der Waals surface area contributed by atoms with Gasteiger partial charge >= 0.3 is 5.97 Å². The maximum absolute atomic E-state index is 12.2. The van der Waals surface area contributed by atoms with Crippen molar-refractivity contribution in [2.24, 2.45) is 7.05 Å². The van der Waals surface area contributed by atoms with Crippen molar-refractivity contribution >= 4 is 17.6 Å². The number of ether oxygens (including phenoxy) is 1. The topological polar surface area (TPSA) is 93.5 Å². The van der Waals surface area contributed by atoms with Crippen molar-refractivity contribution in [3.63, 3.8) is 0 Å². The van der Waals surface area contributed by atoms with Crippen molar-refractivity contribution in [1.29, 1.82) is 0 Å². The van der Waals surface area contributed by atoms with E-state index in [0.29, 0.717) is 11.4 Å². The van der Waals surface area contributed by atoms with Crippen molar-refractivity contribution in [3.05, 3.63) is 41.2 Å². The lowest BCUT2D eigenvalue weighted by Crippen LogP contribution is -2.16. The van der Waals surface area contributed by atoms with Gasteiger partial charge in [0.2, 0.25) is 0 Å². The molecule has 1 aromatic heterocycles. The summed E-state index contributed by atoms with van der Waals surface area (Å²) >= 11 is 0. The fraction of sp³-hybridized carbons (Fsp3) is 0.214. The first-order chi connectivity index (χ1) is 9.92. The summed E-state index contributed by atoms with van der Waals surface area (Å²) in [5.41, 5.74) is 1.12. The van der Waals surface area contributed by atoms with Gasteiger partial charge in [-0.2, -0.15) is 5.10 Å². The zero-order valence-corrected chi connectivity index (χ0v) is 11.9. The number of anilines is 1. The molecular weight excluding hydrogens is 274 g/mol. The molecule has 2 rings (SSSR count). The van der Waals surface area contributed by atoms with Crippen molar-refractivity contribution in [3.8, 4) is 5.75 Å². The van der Waals surface area contributed by atoms with Gasteiger partial charge in [0.1, 0.15) is 5.75 Å². The van der Waals surface area contributed by atoms with Crippen LogP contribution in [0.2, 0.25) is 0 Å². The number of nitrogens with zero attached hydrogens (tertiary/aromatic N) is 2. The zero-order chi connectivity index (χ0) is 15.6. The van der Waals surface area contributed by atoms with E-state index in [4.69, 9.17) is 9.84 Å². The van der Waals surface area contributed by atoms with Crippen LogP contribution in [0.4, 0.5) is 5.69 Å². The van der Waals surface area contributed by atoms with Crippen LogP contribution in [0.1, 0.15) is 26.4 Å².